The van der Waals surface area contributed by atoms with E-state index in [2.05, 4.69) is 20.5 Å². The molecule has 0 radical (unpaired) electrons. The van der Waals surface area contributed by atoms with Gasteiger partial charge in [-0.15, -0.1) is 0 Å². The van der Waals surface area contributed by atoms with E-state index in [1.807, 2.05) is 30.5 Å². The van der Waals surface area contributed by atoms with Crippen molar-refractivity contribution in [2.75, 3.05) is 0 Å². The Morgan fingerprint density at radius 2 is 1.96 bits per heavy atom. The lowest BCUT2D eigenvalue weighted by atomic mass is 10.2. The molecule has 2 aromatic carbocycles. The van der Waals surface area contributed by atoms with Gasteiger partial charge in [-0.05, 0) is 36.0 Å². The molecule has 24 heavy (non-hydrogen) atoms. The monoisotopic (exact) mass is 341 g/mol. The third-order valence-electron chi connectivity index (χ3n) is 3.59. The molecule has 0 spiro atoms. The number of nitrogens with two attached hydrogens (primary N) is 1. The van der Waals surface area contributed by atoms with Crippen LogP contribution in [0.4, 0.5) is 4.39 Å². The lowest BCUT2D eigenvalue weighted by Crippen LogP contribution is -2.37. The molecule has 0 aliphatic rings. The molecular weight excluding hydrogens is 325 g/mol. The van der Waals surface area contributed by atoms with Crippen LogP contribution in [0.3, 0.4) is 0 Å². The topological polar surface area (TPSA) is 67.4 Å². The van der Waals surface area contributed by atoms with E-state index < -0.39 is 0 Å². The molecule has 3 rings (SSSR count). The standard InChI is InChI=1S/C17H16FN5S/c18-14-7-5-12(6-8-14)10-23-11-13(9-20-22-17(24)21-19)15-3-1-2-4-16(15)23/h1-9,11H,10,19H2,(H2,21,22,24)/b20-9+. The first-order valence-electron chi connectivity index (χ1n) is 7.29. The Hall–Kier alpha value is -2.77. The lowest BCUT2D eigenvalue weighted by Gasteiger charge is -2.05. The number of hydrazone groups is 1. The van der Waals surface area contributed by atoms with E-state index in [-0.39, 0.29) is 10.9 Å². The van der Waals surface area contributed by atoms with E-state index in [1.54, 1.807) is 18.3 Å². The van der Waals surface area contributed by atoms with Crippen LogP contribution >= 0.6 is 12.2 Å². The van der Waals surface area contributed by atoms with Gasteiger partial charge in [-0.25, -0.2) is 10.2 Å². The highest BCUT2D eigenvalue weighted by atomic mass is 32.1. The summed E-state index contributed by atoms with van der Waals surface area (Å²) in [6.45, 7) is 0.644. The van der Waals surface area contributed by atoms with E-state index in [9.17, 15) is 4.39 Å². The quantitative estimate of drug-likeness (QED) is 0.295. The van der Waals surface area contributed by atoms with Crippen molar-refractivity contribution in [3.05, 3.63) is 71.7 Å². The van der Waals surface area contributed by atoms with Crippen molar-refractivity contribution in [2.24, 2.45) is 10.9 Å². The molecule has 3 aromatic rings. The zero-order chi connectivity index (χ0) is 16.9. The molecule has 0 saturated heterocycles. The molecule has 0 unspecified atom stereocenters. The van der Waals surface area contributed by atoms with Gasteiger partial charge < -0.3 is 4.57 Å². The summed E-state index contributed by atoms with van der Waals surface area (Å²) in [4.78, 5) is 0. The maximum Gasteiger partial charge on any atom is 0.201 e. The van der Waals surface area contributed by atoms with Crippen LogP contribution < -0.4 is 16.7 Å². The predicted octanol–water partition coefficient (Wildman–Crippen LogP) is 2.50. The highest BCUT2D eigenvalue weighted by molar-refractivity contribution is 7.80. The summed E-state index contributed by atoms with van der Waals surface area (Å²) in [5.74, 6) is 4.95. The molecule has 0 bridgehead atoms. The average Bonchev–Trinajstić information content (AvgIpc) is 2.95. The Balaban J connectivity index is 1.91. The minimum atomic E-state index is -0.237. The van der Waals surface area contributed by atoms with Crippen molar-refractivity contribution < 1.29 is 4.39 Å². The fourth-order valence-corrected chi connectivity index (χ4v) is 2.54. The minimum absolute atomic E-state index is 0.237. The highest BCUT2D eigenvalue weighted by Gasteiger charge is 2.07. The second-order valence-corrected chi connectivity index (χ2v) is 5.61. The number of hydrogen-bond acceptors (Lipinski definition) is 3. The molecule has 0 atom stereocenters. The zero-order valence-corrected chi connectivity index (χ0v) is 13.6. The fraction of sp³-hybridized carbons (Fsp3) is 0.0588. The van der Waals surface area contributed by atoms with Crippen LogP contribution in [0.1, 0.15) is 11.1 Å². The molecule has 0 fully saturated rings. The van der Waals surface area contributed by atoms with Crippen molar-refractivity contribution >= 4 is 34.4 Å². The summed E-state index contributed by atoms with van der Waals surface area (Å²) in [6.07, 6.45) is 3.69. The minimum Gasteiger partial charge on any atom is -0.342 e. The maximum atomic E-state index is 13.1. The van der Waals surface area contributed by atoms with Gasteiger partial charge in [-0.1, -0.05) is 30.3 Å². The van der Waals surface area contributed by atoms with Crippen molar-refractivity contribution in [2.45, 2.75) is 6.54 Å². The van der Waals surface area contributed by atoms with Gasteiger partial charge in [0.05, 0.1) is 6.21 Å². The van der Waals surface area contributed by atoms with Crippen LogP contribution in [0.15, 0.2) is 59.8 Å². The van der Waals surface area contributed by atoms with Gasteiger partial charge in [0.1, 0.15) is 5.82 Å². The molecule has 0 saturated carbocycles. The van der Waals surface area contributed by atoms with Gasteiger partial charge in [0.2, 0.25) is 5.11 Å². The smallest absolute Gasteiger partial charge is 0.201 e. The number of hydrazine groups is 1. The third-order valence-corrected chi connectivity index (χ3v) is 3.80. The lowest BCUT2D eigenvalue weighted by molar-refractivity contribution is 0.626. The van der Waals surface area contributed by atoms with Gasteiger partial charge in [0, 0.05) is 29.2 Å². The Bertz CT molecular complexity index is 886. The van der Waals surface area contributed by atoms with Gasteiger partial charge in [-0.3, -0.25) is 10.9 Å². The number of aromatic nitrogens is 1. The maximum absolute atomic E-state index is 13.1. The Morgan fingerprint density at radius 3 is 2.71 bits per heavy atom. The predicted molar refractivity (Wildman–Crippen MR) is 98.1 cm³/mol. The highest BCUT2D eigenvalue weighted by Crippen LogP contribution is 2.21. The van der Waals surface area contributed by atoms with E-state index in [1.165, 1.54) is 12.1 Å². The van der Waals surface area contributed by atoms with Crippen molar-refractivity contribution in [3.8, 4) is 0 Å². The second-order valence-electron chi connectivity index (χ2n) is 5.20. The van der Waals surface area contributed by atoms with Crippen LogP contribution in [0.25, 0.3) is 10.9 Å². The van der Waals surface area contributed by atoms with Crippen molar-refractivity contribution in [1.82, 2.24) is 15.4 Å². The SMILES string of the molecule is NNC(=S)N/N=C/c1cn(Cc2ccc(F)cc2)c2ccccc12. The van der Waals surface area contributed by atoms with E-state index >= 15 is 0 Å². The Kier molecular flexibility index (Phi) is 4.83. The fourth-order valence-electron chi connectivity index (χ4n) is 2.49. The first-order chi connectivity index (χ1) is 11.7. The average molecular weight is 341 g/mol. The molecule has 0 amide bonds. The molecule has 1 heterocycles. The van der Waals surface area contributed by atoms with Gasteiger partial charge in [-0.2, -0.15) is 5.10 Å². The molecule has 5 nitrogen and oxygen atoms in total. The van der Waals surface area contributed by atoms with E-state index in [4.69, 9.17) is 18.1 Å². The third kappa shape index (κ3) is 3.58. The van der Waals surface area contributed by atoms with E-state index in [0.717, 1.165) is 22.0 Å². The summed E-state index contributed by atoms with van der Waals surface area (Å²) in [7, 11) is 0. The van der Waals surface area contributed by atoms with Crippen LogP contribution in [0, 0.1) is 5.82 Å². The largest absolute Gasteiger partial charge is 0.342 e. The Morgan fingerprint density at radius 1 is 1.21 bits per heavy atom. The van der Waals surface area contributed by atoms with Crippen LogP contribution in [-0.2, 0) is 6.54 Å². The van der Waals surface area contributed by atoms with Gasteiger partial charge in [0.25, 0.3) is 0 Å². The molecular formula is C17H16FN5S. The summed E-state index contributed by atoms with van der Waals surface area (Å²) < 4.78 is 15.2. The molecule has 1 aromatic heterocycles. The number of fused-ring (bicyclic) bond motifs is 1. The normalized spacial score (nSPS) is 11.1. The van der Waals surface area contributed by atoms with Crippen molar-refractivity contribution in [3.63, 3.8) is 0 Å². The number of hydrogen-bond donors (Lipinski definition) is 3. The van der Waals surface area contributed by atoms with Gasteiger partial charge >= 0.3 is 0 Å². The first-order valence-corrected chi connectivity index (χ1v) is 7.70. The number of halogens is 1. The van der Waals surface area contributed by atoms with Gasteiger partial charge in [0.15, 0.2) is 0 Å². The van der Waals surface area contributed by atoms with Crippen LogP contribution in [0.2, 0.25) is 0 Å². The number of thiocarbonyl (C=S) groups is 1. The van der Waals surface area contributed by atoms with Crippen LogP contribution in [0.5, 0.6) is 0 Å². The molecule has 0 aliphatic heterocycles. The molecule has 4 N–H and O–H groups in total. The first kappa shape index (κ1) is 16.1. The molecule has 0 aliphatic carbocycles. The summed E-state index contributed by atoms with van der Waals surface area (Å²) in [5.41, 5.74) is 7.96. The van der Waals surface area contributed by atoms with Crippen LogP contribution in [-0.4, -0.2) is 15.9 Å². The molecule has 7 heteroatoms. The zero-order valence-electron chi connectivity index (χ0n) is 12.7. The van der Waals surface area contributed by atoms with E-state index in [0.29, 0.717) is 6.54 Å². The number of benzene rings is 2. The second kappa shape index (κ2) is 7.20. The Labute approximate surface area is 143 Å². The number of nitrogens with one attached hydrogen (secondary N) is 2. The summed E-state index contributed by atoms with van der Waals surface area (Å²) in [5, 5.41) is 5.38. The number of para-hydroxylation sites is 1. The summed E-state index contributed by atoms with van der Waals surface area (Å²) >= 11 is 4.87. The van der Waals surface area contributed by atoms with Crippen molar-refractivity contribution in [1.29, 1.82) is 0 Å². The number of nitrogens with zero attached hydrogens (tertiary/aromatic N) is 2. The summed E-state index contributed by atoms with van der Waals surface area (Å²) in [6, 6.07) is 14.5. The number of rotatable bonds is 4. The molecule has 122 valence electrons.